The number of hydrogen-bond acceptors (Lipinski definition) is 6. The van der Waals surface area contributed by atoms with Crippen molar-refractivity contribution >= 4 is 28.8 Å². The van der Waals surface area contributed by atoms with Gasteiger partial charge in [-0.25, -0.2) is 0 Å². The topological polar surface area (TPSA) is 73.4 Å². The minimum absolute atomic E-state index is 0.0355. The summed E-state index contributed by atoms with van der Waals surface area (Å²) in [6.45, 7) is 14.8. The van der Waals surface area contributed by atoms with E-state index in [4.69, 9.17) is 25.5 Å². The number of aryl methyl sites for hydroxylation is 1. The molecule has 0 N–H and O–H groups in total. The van der Waals surface area contributed by atoms with Crippen LogP contribution >= 0.6 is 11.6 Å². The van der Waals surface area contributed by atoms with E-state index in [9.17, 15) is 4.79 Å². The van der Waals surface area contributed by atoms with Crippen molar-refractivity contribution in [3.8, 4) is 11.5 Å². The van der Waals surface area contributed by atoms with Crippen molar-refractivity contribution in [2.24, 2.45) is 21.1 Å². The van der Waals surface area contributed by atoms with Gasteiger partial charge in [-0.2, -0.15) is 0 Å². The van der Waals surface area contributed by atoms with Crippen LogP contribution < -0.4 is 9.47 Å². The number of ether oxygens (including phenoxy) is 2. The van der Waals surface area contributed by atoms with Crippen LogP contribution in [-0.2, 0) is 4.79 Å². The van der Waals surface area contributed by atoms with Crippen molar-refractivity contribution in [1.29, 1.82) is 0 Å². The standard InChI is InChI=1S/C28H31ClN2O4/c1-16-24-26(34-13-12-33-24)25(35-16)22(31-30-21-11-9-8-10-20(21)29)17-14-18(27(2,3)4)23(32)19(15-17)28(5,6)7/h8-11,14-15H,12-13H2,1-7H3. The van der Waals surface area contributed by atoms with Gasteiger partial charge >= 0.3 is 0 Å². The number of carbonyl (C=O) groups excluding carboxylic acids is 1. The zero-order valence-electron chi connectivity index (χ0n) is 21.3. The lowest BCUT2D eigenvalue weighted by Crippen LogP contribution is -2.28. The van der Waals surface area contributed by atoms with E-state index in [1.807, 2.05) is 72.8 Å². The first-order valence-corrected chi connectivity index (χ1v) is 12.0. The molecule has 6 nitrogen and oxygen atoms in total. The number of allylic oxidation sites excluding steroid dienone is 5. The van der Waals surface area contributed by atoms with Crippen LogP contribution in [0.1, 0.15) is 53.1 Å². The maximum atomic E-state index is 13.5. The van der Waals surface area contributed by atoms with Gasteiger partial charge in [-0.15, -0.1) is 10.2 Å². The molecular formula is C28H31ClN2O4. The number of ketones is 1. The molecule has 0 radical (unpaired) electrons. The van der Waals surface area contributed by atoms with E-state index in [-0.39, 0.29) is 16.6 Å². The Balaban J connectivity index is 2.02. The Labute approximate surface area is 211 Å². The molecule has 1 aliphatic carbocycles. The molecule has 0 unspecified atom stereocenters. The van der Waals surface area contributed by atoms with E-state index in [0.29, 0.717) is 69.4 Å². The molecule has 0 saturated carbocycles. The molecule has 184 valence electrons. The predicted molar refractivity (Wildman–Crippen MR) is 137 cm³/mol. The van der Waals surface area contributed by atoms with Crippen molar-refractivity contribution in [3.05, 3.63) is 69.7 Å². The summed E-state index contributed by atoms with van der Waals surface area (Å²) in [5.74, 6) is 2.08. The molecule has 1 aliphatic heterocycles. The van der Waals surface area contributed by atoms with Crippen LogP contribution in [0, 0.1) is 17.8 Å². The Morgan fingerprint density at radius 3 is 2.06 bits per heavy atom. The van der Waals surface area contributed by atoms with Gasteiger partial charge in [-0.05, 0) is 42.0 Å². The van der Waals surface area contributed by atoms with Crippen LogP contribution in [0.4, 0.5) is 5.69 Å². The second-order valence-corrected chi connectivity index (χ2v) is 11.2. The molecule has 0 bridgehead atoms. The average Bonchev–Trinajstić information content (AvgIpc) is 3.11. The molecule has 35 heavy (non-hydrogen) atoms. The van der Waals surface area contributed by atoms with Gasteiger partial charge in [0.1, 0.15) is 30.4 Å². The van der Waals surface area contributed by atoms with E-state index in [2.05, 4.69) is 10.2 Å². The normalized spacial score (nSPS) is 16.5. The van der Waals surface area contributed by atoms with Crippen molar-refractivity contribution < 1.29 is 18.7 Å². The summed E-state index contributed by atoms with van der Waals surface area (Å²) in [4.78, 5) is 13.5. The van der Waals surface area contributed by atoms with Crippen LogP contribution in [0.15, 0.2) is 67.8 Å². The van der Waals surface area contributed by atoms with E-state index in [1.54, 1.807) is 12.1 Å². The molecule has 0 fully saturated rings. The molecule has 2 aliphatic rings. The zero-order chi connectivity index (χ0) is 25.5. The third-order valence-electron chi connectivity index (χ3n) is 5.87. The van der Waals surface area contributed by atoms with Crippen LogP contribution in [-0.4, -0.2) is 19.0 Å². The van der Waals surface area contributed by atoms with Gasteiger partial charge in [0.05, 0.1) is 5.02 Å². The Morgan fingerprint density at radius 2 is 1.49 bits per heavy atom. The molecule has 0 amide bonds. The highest BCUT2D eigenvalue weighted by molar-refractivity contribution is 6.32. The lowest BCUT2D eigenvalue weighted by Gasteiger charge is -2.31. The van der Waals surface area contributed by atoms with Crippen molar-refractivity contribution in [2.45, 2.75) is 48.5 Å². The monoisotopic (exact) mass is 494 g/mol. The highest BCUT2D eigenvalue weighted by atomic mass is 35.5. The lowest BCUT2D eigenvalue weighted by atomic mass is 9.71. The SMILES string of the molecule is Cc1oc(C(N=Nc2ccccc2Cl)=C2C=C(C(C)(C)C)C(=O)C(C(C)(C)C)=C2)c2c1OCCO2. The summed E-state index contributed by atoms with van der Waals surface area (Å²) in [6.07, 6.45) is 3.76. The number of halogens is 1. The molecule has 0 saturated heterocycles. The van der Waals surface area contributed by atoms with Crippen molar-refractivity contribution in [2.75, 3.05) is 13.2 Å². The number of fused-ring (bicyclic) bond motifs is 1. The molecule has 0 spiro atoms. The fraction of sp³-hybridized carbons (Fsp3) is 0.393. The number of azo groups is 1. The minimum Gasteiger partial charge on any atom is -0.483 e. The van der Waals surface area contributed by atoms with E-state index >= 15 is 0 Å². The molecule has 1 aromatic heterocycles. The number of hydrogen-bond donors (Lipinski definition) is 0. The first-order chi connectivity index (χ1) is 16.4. The molecule has 1 aromatic carbocycles. The fourth-order valence-corrected chi connectivity index (χ4v) is 4.17. The summed E-state index contributed by atoms with van der Waals surface area (Å²) in [6, 6.07) is 7.22. The van der Waals surface area contributed by atoms with Gasteiger partial charge in [0.2, 0.25) is 17.3 Å². The largest absolute Gasteiger partial charge is 0.483 e. The van der Waals surface area contributed by atoms with Crippen molar-refractivity contribution in [1.82, 2.24) is 0 Å². The smallest absolute Gasteiger partial charge is 0.210 e. The number of furan rings is 1. The summed E-state index contributed by atoms with van der Waals surface area (Å²) in [7, 11) is 0. The number of benzene rings is 1. The first-order valence-electron chi connectivity index (χ1n) is 11.7. The second kappa shape index (κ2) is 9.15. The van der Waals surface area contributed by atoms with Gasteiger partial charge in [0, 0.05) is 16.7 Å². The maximum absolute atomic E-state index is 13.5. The van der Waals surface area contributed by atoms with Crippen LogP contribution in [0.3, 0.4) is 0 Å². The van der Waals surface area contributed by atoms with Gasteiger partial charge < -0.3 is 13.9 Å². The Morgan fingerprint density at radius 1 is 0.914 bits per heavy atom. The Hall–Kier alpha value is -3.12. The van der Waals surface area contributed by atoms with Crippen LogP contribution in [0.2, 0.25) is 5.02 Å². The molecule has 0 atom stereocenters. The van der Waals surface area contributed by atoms with E-state index in [0.717, 1.165) is 0 Å². The van der Waals surface area contributed by atoms with Gasteiger partial charge in [0.25, 0.3) is 0 Å². The van der Waals surface area contributed by atoms with Gasteiger partial charge in [0.15, 0.2) is 5.78 Å². The van der Waals surface area contributed by atoms with Gasteiger partial charge in [-0.3, -0.25) is 4.79 Å². The number of carbonyl (C=O) groups is 1. The summed E-state index contributed by atoms with van der Waals surface area (Å²) in [5.41, 5.74) is 2.30. The summed E-state index contributed by atoms with van der Waals surface area (Å²) < 4.78 is 17.9. The van der Waals surface area contributed by atoms with Crippen LogP contribution in [0.25, 0.3) is 5.70 Å². The molecule has 2 heterocycles. The molecule has 7 heteroatoms. The lowest BCUT2D eigenvalue weighted by molar-refractivity contribution is -0.114. The van der Waals surface area contributed by atoms with Gasteiger partial charge in [-0.1, -0.05) is 65.3 Å². The Bertz CT molecular complexity index is 1260. The van der Waals surface area contributed by atoms with E-state index in [1.165, 1.54) is 0 Å². The zero-order valence-corrected chi connectivity index (χ0v) is 22.0. The second-order valence-electron chi connectivity index (χ2n) is 10.7. The highest BCUT2D eigenvalue weighted by Crippen LogP contribution is 2.47. The third-order valence-corrected chi connectivity index (χ3v) is 6.19. The first kappa shape index (κ1) is 25.0. The average molecular weight is 495 g/mol. The van der Waals surface area contributed by atoms with Crippen LogP contribution in [0.5, 0.6) is 11.5 Å². The Kier molecular flexibility index (Phi) is 6.54. The maximum Gasteiger partial charge on any atom is 0.210 e. The summed E-state index contributed by atoms with van der Waals surface area (Å²) in [5, 5.41) is 9.54. The summed E-state index contributed by atoms with van der Waals surface area (Å²) >= 11 is 6.34. The van der Waals surface area contributed by atoms with E-state index < -0.39 is 0 Å². The van der Waals surface area contributed by atoms with Crippen molar-refractivity contribution in [3.63, 3.8) is 0 Å². The minimum atomic E-state index is -0.379. The number of rotatable bonds is 3. The quantitative estimate of drug-likeness (QED) is 0.404. The number of nitrogens with zero attached hydrogens (tertiary/aromatic N) is 2. The predicted octanol–water partition coefficient (Wildman–Crippen LogP) is 8.04. The molecule has 4 rings (SSSR count). The highest BCUT2D eigenvalue weighted by Gasteiger charge is 2.36. The number of Topliss-reactive ketones (excluding diaryl/α,β-unsaturated/α-hetero) is 1. The third kappa shape index (κ3) is 4.98. The molecular weight excluding hydrogens is 464 g/mol. The molecule has 2 aromatic rings. The fourth-order valence-electron chi connectivity index (χ4n) is 4.00.